The molecule has 0 unspecified atom stereocenters. The summed E-state index contributed by atoms with van der Waals surface area (Å²) in [5, 5.41) is 13.9. The van der Waals surface area contributed by atoms with Crippen molar-refractivity contribution in [3.8, 4) is 0 Å². The van der Waals surface area contributed by atoms with E-state index in [-0.39, 0.29) is 12.5 Å². The lowest BCUT2D eigenvalue weighted by atomic mass is 10.1. The van der Waals surface area contributed by atoms with E-state index in [4.69, 9.17) is 11.6 Å². The molecule has 0 spiro atoms. The van der Waals surface area contributed by atoms with Gasteiger partial charge in [-0.25, -0.2) is 0 Å². The summed E-state index contributed by atoms with van der Waals surface area (Å²) in [7, 11) is 3.40. The van der Waals surface area contributed by atoms with Crippen molar-refractivity contribution in [1.82, 2.24) is 14.7 Å². The van der Waals surface area contributed by atoms with Gasteiger partial charge in [0.25, 0.3) is 0 Å². The number of aliphatic hydroxyl groups excluding tert-OH is 1. The number of carbonyl (C=O) groups excluding carboxylic acids is 1. The molecule has 1 aromatic rings. The molecule has 1 amide bonds. The molecule has 0 aliphatic rings. The molecule has 0 saturated carbocycles. The second-order valence-corrected chi connectivity index (χ2v) is 5.47. The molecule has 0 bridgehead atoms. The lowest BCUT2D eigenvalue weighted by Crippen LogP contribution is -2.47. The number of hydrogen-bond donors (Lipinski definition) is 1. The summed E-state index contributed by atoms with van der Waals surface area (Å²) in [6, 6.07) is 0. The summed E-state index contributed by atoms with van der Waals surface area (Å²) in [5.41, 5.74) is 0.892. The van der Waals surface area contributed by atoms with Gasteiger partial charge in [0.1, 0.15) is 5.15 Å². The third kappa shape index (κ3) is 3.36. The molecule has 1 aromatic heterocycles. The van der Waals surface area contributed by atoms with Crippen LogP contribution in [-0.4, -0.2) is 44.9 Å². The normalized spacial score (nSPS) is 12.2. The van der Waals surface area contributed by atoms with Crippen LogP contribution < -0.4 is 0 Å². The summed E-state index contributed by atoms with van der Waals surface area (Å²) in [6.07, 6.45) is 3.09. The van der Waals surface area contributed by atoms with Gasteiger partial charge in [-0.1, -0.05) is 11.6 Å². The molecule has 0 aliphatic heterocycles. The van der Waals surface area contributed by atoms with Gasteiger partial charge in [0, 0.05) is 25.7 Å². The molecule has 0 saturated heterocycles. The van der Waals surface area contributed by atoms with Crippen LogP contribution in [0.25, 0.3) is 6.08 Å². The zero-order valence-corrected chi connectivity index (χ0v) is 12.7. The Balaban J connectivity index is 2.91. The van der Waals surface area contributed by atoms with Gasteiger partial charge in [-0.15, -0.1) is 0 Å². The van der Waals surface area contributed by atoms with Crippen LogP contribution in [0.3, 0.4) is 0 Å². The van der Waals surface area contributed by atoms with Crippen LogP contribution >= 0.6 is 11.6 Å². The minimum Gasteiger partial charge on any atom is -0.394 e. The van der Waals surface area contributed by atoms with Gasteiger partial charge in [-0.05, 0) is 26.8 Å². The maximum atomic E-state index is 12.0. The summed E-state index contributed by atoms with van der Waals surface area (Å²) in [6.45, 7) is 5.31. The van der Waals surface area contributed by atoms with Crippen molar-refractivity contribution in [2.45, 2.75) is 26.3 Å². The number of nitrogens with zero attached hydrogens (tertiary/aromatic N) is 3. The third-order valence-electron chi connectivity index (χ3n) is 3.21. The smallest absolute Gasteiger partial charge is 0.246 e. The van der Waals surface area contributed by atoms with Gasteiger partial charge >= 0.3 is 0 Å². The van der Waals surface area contributed by atoms with Gasteiger partial charge < -0.3 is 10.0 Å². The maximum absolute atomic E-state index is 12.0. The Kier molecular flexibility index (Phi) is 4.76. The van der Waals surface area contributed by atoms with E-state index < -0.39 is 5.54 Å². The Morgan fingerprint density at radius 1 is 1.58 bits per heavy atom. The number of rotatable bonds is 4. The predicted molar refractivity (Wildman–Crippen MR) is 75.9 cm³/mol. The Morgan fingerprint density at radius 3 is 2.58 bits per heavy atom. The molecule has 1 rings (SSSR count). The molecule has 1 heterocycles. The summed E-state index contributed by atoms with van der Waals surface area (Å²) in [5.74, 6) is -0.196. The number of aromatic nitrogens is 2. The fourth-order valence-electron chi connectivity index (χ4n) is 1.51. The molecule has 0 atom stereocenters. The van der Waals surface area contributed by atoms with E-state index in [9.17, 15) is 9.90 Å². The first kappa shape index (κ1) is 15.7. The maximum Gasteiger partial charge on any atom is 0.246 e. The number of likely N-dealkylation sites (N-methyl/N-ethyl adjacent to an activating group) is 1. The fourth-order valence-corrected chi connectivity index (χ4v) is 1.74. The predicted octanol–water partition coefficient (Wildman–Crippen LogP) is 1.62. The van der Waals surface area contributed by atoms with Crippen molar-refractivity contribution >= 4 is 23.6 Å². The first-order chi connectivity index (χ1) is 8.70. The quantitative estimate of drug-likeness (QED) is 0.856. The highest BCUT2D eigenvalue weighted by molar-refractivity contribution is 6.31. The van der Waals surface area contributed by atoms with Crippen LogP contribution in [0.15, 0.2) is 6.08 Å². The van der Waals surface area contributed by atoms with Crippen LogP contribution in [0.5, 0.6) is 0 Å². The molecule has 0 radical (unpaired) electrons. The van der Waals surface area contributed by atoms with Crippen LogP contribution in [0.1, 0.15) is 25.1 Å². The summed E-state index contributed by atoms with van der Waals surface area (Å²) >= 11 is 6.08. The number of halogens is 1. The lowest BCUT2D eigenvalue weighted by Gasteiger charge is -2.33. The van der Waals surface area contributed by atoms with Crippen LogP contribution in [-0.2, 0) is 11.8 Å². The van der Waals surface area contributed by atoms with E-state index in [1.165, 1.54) is 11.0 Å². The minimum atomic E-state index is -0.602. The number of hydrogen-bond acceptors (Lipinski definition) is 3. The molecule has 0 fully saturated rings. The van der Waals surface area contributed by atoms with Crippen molar-refractivity contribution < 1.29 is 9.90 Å². The van der Waals surface area contributed by atoms with Crippen molar-refractivity contribution in [1.29, 1.82) is 0 Å². The van der Waals surface area contributed by atoms with E-state index >= 15 is 0 Å². The van der Waals surface area contributed by atoms with Crippen molar-refractivity contribution in [2.75, 3.05) is 13.7 Å². The molecule has 5 nitrogen and oxygen atoms in total. The standard InChI is InChI=1S/C13H20ClN3O2/c1-9-10(12(14)17(5)15-9)6-7-11(19)16(4)13(2,3)8-18/h6-7,18H,8H2,1-5H3/b7-6+. The average Bonchev–Trinajstić information content (AvgIpc) is 2.60. The zero-order chi connectivity index (χ0) is 14.8. The first-order valence-corrected chi connectivity index (χ1v) is 6.34. The lowest BCUT2D eigenvalue weighted by molar-refractivity contribution is -0.130. The highest BCUT2D eigenvalue weighted by Crippen LogP contribution is 2.20. The largest absolute Gasteiger partial charge is 0.394 e. The second-order valence-electron chi connectivity index (χ2n) is 5.11. The number of carbonyl (C=O) groups is 1. The van der Waals surface area contributed by atoms with Crippen molar-refractivity contribution in [3.63, 3.8) is 0 Å². The minimum absolute atomic E-state index is 0.101. The molecule has 0 aromatic carbocycles. The Labute approximate surface area is 118 Å². The molecular formula is C13H20ClN3O2. The SMILES string of the molecule is Cc1nn(C)c(Cl)c1/C=C/C(=O)N(C)C(C)(C)CO. The molecule has 6 heteroatoms. The van der Waals surface area contributed by atoms with E-state index in [1.54, 1.807) is 38.7 Å². The van der Waals surface area contributed by atoms with Gasteiger partial charge in [-0.2, -0.15) is 5.10 Å². The van der Waals surface area contributed by atoms with Crippen molar-refractivity contribution in [2.24, 2.45) is 7.05 Å². The van der Waals surface area contributed by atoms with Gasteiger partial charge in [0.2, 0.25) is 5.91 Å². The number of aryl methyl sites for hydroxylation is 2. The topological polar surface area (TPSA) is 58.4 Å². The van der Waals surface area contributed by atoms with Gasteiger partial charge in [0.05, 0.1) is 17.8 Å². The Bertz CT molecular complexity index is 506. The second kappa shape index (κ2) is 5.75. The Hall–Kier alpha value is -1.33. The third-order valence-corrected chi connectivity index (χ3v) is 3.66. The highest BCUT2D eigenvalue weighted by atomic mass is 35.5. The molecule has 0 aliphatic carbocycles. The number of aliphatic hydroxyl groups is 1. The van der Waals surface area contributed by atoms with E-state index in [2.05, 4.69) is 5.10 Å². The van der Waals surface area contributed by atoms with Crippen LogP contribution in [0.2, 0.25) is 5.15 Å². The van der Waals surface area contributed by atoms with Crippen LogP contribution in [0, 0.1) is 6.92 Å². The van der Waals surface area contributed by atoms with E-state index in [1.807, 2.05) is 6.92 Å². The van der Waals surface area contributed by atoms with E-state index in [0.29, 0.717) is 5.15 Å². The van der Waals surface area contributed by atoms with Gasteiger partial charge in [-0.3, -0.25) is 9.48 Å². The average molecular weight is 286 g/mol. The zero-order valence-electron chi connectivity index (χ0n) is 11.9. The van der Waals surface area contributed by atoms with E-state index in [0.717, 1.165) is 11.3 Å². The molecule has 1 N–H and O–H groups in total. The first-order valence-electron chi connectivity index (χ1n) is 5.96. The van der Waals surface area contributed by atoms with Crippen molar-refractivity contribution in [3.05, 3.63) is 22.5 Å². The monoisotopic (exact) mass is 285 g/mol. The molecule has 19 heavy (non-hydrogen) atoms. The molecular weight excluding hydrogens is 266 g/mol. The number of amides is 1. The Morgan fingerprint density at radius 2 is 2.16 bits per heavy atom. The molecule has 106 valence electrons. The van der Waals surface area contributed by atoms with Crippen LogP contribution in [0.4, 0.5) is 0 Å². The summed E-state index contributed by atoms with van der Waals surface area (Å²) < 4.78 is 1.56. The summed E-state index contributed by atoms with van der Waals surface area (Å²) in [4.78, 5) is 13.5. The highest BCUT2D eigenvalue weighted by Gasteiger charge is 2.25. The fraction of sp³-hybridized carbons (Fsp3) is 0.538. The van der Waals surface area contributed by atoms with Gasteiger partial charge in [0.15, 0.2) is 0 Å².